The Bertz CT molecular complexity index is 829. The average Bonchev–Trinajstić information content (AvgIpc) is 2.77. The Morgan fingerprint density at radius 1 is 0.964 bits per heavy atom. The van der Waals surface area contributed by atoms with Crippen LogP contribution in [0.4, 0.5) is 0 Å². The molecule has 28 heavy (non-hydrogen) atoms. The number of rotatable bonds is 6. The zero-order valence-electron chi connectivity index (χ0n) is 16.4. The Labute approximate surface area is 165 Å². The van der Waals surface area contributed by atoms with Crippen molar-refractivity contribution in [1.29, 1.82) is 0 Å². The summed E-state index contributed by atoms with van der Waals surface area (Å²) < 4.78 is 10.9. The van der Waals surface area contributed by atoms with E-state index in [0.29, 0.717) is 37.5 Å². The van der Waals surface area contributed by atoms with Crippen molar-refractivity contribution in [2.75, 3.05) is 39.9 Å². The molecule has 2 amide bonds. The van der Waals surface area contributed by atoms with Crippen molar-refractivity contribution >= 4 is 11.8 Å². The van der Waals surface area contributed by atoms with Gasteiger partial charge in [0, 0.05) is 31.7 Å². The fraction of sp³-hybridized carbons (Fsp3) is 0.364. The van der Waals surface area contributed by atoms with Gasteiger partial charge in [0.05, 0.1) is 7.11 Å². The molecule has 0 atom stereocenters. The molecule has 1 aliphatic rings. The monoisotopic (exact) mass is 382 g/mol. The van der Waals surface area contributed by atoms with E-state index in [0.717, 1.165) is 17.7 Å². The van der Waals surface area contributed by atoms with Gasteiger partial charge in [-0.05, 0) is 36.2 Å². The summed E-state index contributed by atoms with van der Waals surface area (Å²) in [7, 11) is 1.58. The molecule has 2 aromatic rings. The number of carbonyl (C=O) groups is 2. The quantitative estimate of drug-likeness (QED) is 0.771. The molecule has 1 heterocycles. The third-order valence-electron chi connectivity index (χ3n) is 4.94. The second kappa shape index (κ2) is 9.26. The first-order chi connectivity index (χ1) is 13.6. The van der Waals surface area contributed by atoms with E-state index < -0.39 is 0 Å². The van der Waals surface area contributed by atoms with Crippen LogP contribution in [-0.2, 0) is 11.2 Å². The molecule has 0 N–H and O–H groups in total. The van der Waals surface area contributed by atoms with Crippen LogP contribution in [0.5, 0.6) is 11.5 Å². The van der Waals surface area contributed by atoms with Crippen molar-refractivity contribution in [3.8, 4) is 11.5 Å². The SMILES string of the molecule is CCc1ccccc1OCC(=O)N1CCN(C(=O)c2cccc(OC)c2)CC1. The number of hydrogen-bond donors (Lipinski definition) is 0. The highest BCUT2D eigenvalue weighted by molar-refractivity contribution is 5.94. The molecule has 2 aromatic carbocycles. The Hall–Kier alpha value is -3.02. The number of piperazine rings is 1. The fourth-order valence-corrected chi connectivity index (χ4v) is 3.27. The van der Waals surface area contributed by atoms with Gasteiger partial charge < -0.3 is 19.3 Å². The summed E-state index contributed by atoms with van der Waals surface area (Å²) in [6, 6.07) is 14.9. The lowest BCUT2D eigenvalue weighted by molar-refractivity contribution is -0.134. The molecule has 0 saturated carbocycles. The number of ether oxygens (including phenoxy) is 2. The molecule has 6 nitrogen and oxygen atoms in total. The molecule has 6 heteroatoms. The Morgan fingerprint density at radius 3 is 2.39 bits per heavy atom. The maximum Gasteiger partial charge on any atom is 0.260 e. The van der Waals surface area contributed by atoms with Crippen LogP contribution in [0.1, 0.15) is 22.8 Å². The summed E-state index contributed by atoms with van der Waals surface area (Å²) in [5.74, 6) is 1.31. The third-order valence-corrected chi connectivity index (χ3v) is 4.94. The number of benzene rings is 2. The van der Waals surface area contributed by atoms with Crippen LogP contribution < -0.4 is 9.47 Å². The van der Waals surface area contributed by atoms with E-state index in [1.807, 2.05) is 30.3 Å². The minimum absolute atomic E-state index is 0.0147. The zero-order chi connectivity index (χ0) is 19.9. The highest BCUT2D eigenvalue weighted by Gasteiger charge is 2.25. The van der Waals surface area contributed by atoms with Crippen molar-refractivity contribution in [2.24, 2.45) is 0 Å². The largest absolute Gasteiger partial charge is 0.497 e. The number of amides is 2. The van der Waals surface area contributed by atoms with Crippen molar-refractivity contribution in [2.45, 2.75) is 13.3 Å². The molecule has 0 aromatic heterocycles. The summed E-state index contributed by atoms with van der Waals surface area (Å²) in [5, 5.41) is 0. The number of nitrogens with zero attached hydrogens (tertiary/aromatic N) is 2. The highest BCUT2D eigenvalue weighted by atomic mass is 16.5. The maximum atomic E-state index is 12.7. The van der Waals surface area contributed by atoms with Gasteiger partial charge in [0.1, 0.15) is 11.5 Å². The van der Waals surface area contributed by atoms with E-state index in [-0.39, 0.29) is 18.4 Å². The first kappa shape index (κ1) is 19.7. The normalized spacial score (nSPS) is 13.9. The number of hydrogen-bond acceptors (Lipinski definition) is 4. The van der Waals surface area contributed by atoms with Crippen molar-refractivity contribution in [1.82, 2.24) is 9.80 Å². The van der Waals surface area contributed by atoms with E-state index in [1.54, 1.807) is 35.1 Å². The predicted molar refractivity (Wildman–Crippen MR) is 107 cm³/mol. The molecule has 1 fully saturated rings. The number of aryl methyl sites for hydroxylation is 1. The van der Waals surface area contributed by atoms with Crippen LogP contribution in [0, 0.1) is 0 Å². The van der Waals surface area contributed by atoms with Crippen LogP contribution in [0.3, 0.4) is 0 Å². The van der Waals surface area contributed by atoms with Gasteiger partial charge >= 0.3 is 0 Å². The van der Waals surface area contributed by atoms with Gasteiger partial charge in [-0.2, -0.15) is 0 Å². The van der Waals surface area contributed by atoms with Gasteiger partial charge in [0.2, 0.25) is 0 Å². The number of para-hydroxylation sites is 1. The average molecular weight is 382 g/mol. The zero-order valence-corrected chi connectivity index (χ0v) is 16.4. The Kier molecular flexibility index (Phi) is 6.53. The molecule has 0 radical (unpaired) electrons. The summed E-state index contributed by atoms with van der Waals surface area (Å²) >= 11 is 0. The van der Waals surface area contributed by atoms with Crippen LogP contribution in [-0.4, -0.2) is 61.5 Å². The van der Waals surface area contributed by atoms with Gasteiger partial charge in [0.15, 0.2) is 6.61 Å². The number of methoxy groups -OCH3 is 1. The minimum Gasteiger partial charge on any atom is -0.497 e. The van der Waals surface area contributed by atoms with Crippen molar-refractivity contribution in [3.05, 3.63) is 59.7 Å². The topological polar surface area (TPSA) is 59.1 Å². The van der Waals surface area contributed by atoms with Gasteiger partial charge in [-0.1, -0.05) is 31.2 Å². The van der Waals surface area contributed by atoms with Crippen molar-refractivity contribution in [3.63, 3.8) is 0 Å². The Balaban J connectivity index is 1.51. The first-order valence-electron chi connectivity index (χ1n) is 9.54. The van der Waals surface area contributed by atoms with E-state index >= 15 is 0 Å². The Morgan fingerprint density at radius 2 is 1.68 bits per heavy atom. The summed E-state index contributed by atoms with van der Waals surface area (Å²) in [4.78, 5) is 28.7. The molecule has 0 unspecified atom stereocenters. The van der Waals surface area contributed by atoms with Crippen LogP contribution >= 0.6 is 0 Å². The molecular formula is C22H26N2O4. The summed E-state index contributed by atoms with van der Waals surface area (Å²) in [6.45, 7) is 4.10. The van der Waals surface area contributed by atoms with E-state index in [2.05, 4.69) is 6.92 Å². The van der Waals surface area contributed by atoms with Gasteiger partial charge in [-0.3, -0.25) is 9.59 Å². The highest BCUT2D eigenvalue weighted by Crippen LogP contribution is 2.19. The molecule has 3 rings (SSSR count). The van der Waals surface area contributed by atoms with Crippen LogP contribution in [0.2, 0.25) is 0 Å². The molecule has 148 valence electrons. The molecule has 0 bridgehead atoms. The summed E-state index contributed by atoms with van der Waals surface area (Å²) in [6.07, 6.45) is 0.857. The van der Waals surface area contributed by atoms with E-state index in [4.69, 9.17) is 9.47 Å². The lowest BCUT2D eigenvalue weighted by Crippen LogP contribution is -2.51. The molecular weight excluding hydrogens is 356 g/mol. The predicted octanol–water partition coefficient (Wildman–Crippen LogP) is 2.62. The standard InChI is InChI=1S/C22H26N2O4/c1-3-17-7-4-5-10-20(17)28-16-21(25)23-11-13-24(14-12-23)22(26)18-8-6-9-19(15-18)27-2/h4-10,15H,3,11-14,16H2,1-2H3. The first-order valence-corrected chi connectivity index (χ1v) is 9.54. The molecule has 0 aliphatic carbocycles. The lowest BCUT2D eigenvalue weighted by atomic mass is 10.1. The molecule has 0 spiro atoms. The molecule has 1 aliphatic heterocycles. The van der Waals surface area contributed by atoms with Gasteiger partial charge in [-0.25, -0.2) is 0 Å². The maximum absolute atomic E-state index is 12.7. The van der Waals surface area contributed by atoms with E-state index in [1.165, 1.54) is 0 Å². The summed E-state index contributed by atoms with van der Waals surface area (Å²) in [5.41, 5.74) is 1.68. The number of carbonyl (C=O) groups excluding carboxylic acids is 2. The molecule has 1 saturated heterocycles. The smallest absolute Gasteiger partial charge is 0.260 e. The van der Waals surface area contributed by atoms with E-state index in [9.17, 15) is 9.59 Å². The second-order valence-electron chi connectivity index (χ2n) is 6.65. The minimum atomic E-state index is -0.0561. The van der Waals surface area contributed by atoms with Crippen LogP contribution in [0.15, 0.2) is 48.5 Å². The lowest BCUT2D eigenvalue weighted by Gasteiger charge is -2.34. The van der Waals surface area contributed by atoms with Gasteiger partial charge in [-0.15, -0.1) is 0 Å². The van der Waals surface area contributed by atoms with Gasteiger partial charge in [0.25, 0.3) is 11.8 Å². The second-order valence-corrected chi connectivity index (χ2v) is 6.65. The third kappa shape index (κ3) is 4.63. The fourth-order valence-electron chi connectivity index (χ4n) is 3.27. The van der Waals surface area contributed by atoms with Crippen molar-refractivity contribution < 1.29 is 19.1 Å². The van der Waals surface area contributed by atoms with Crippen LogP contribution in [0.25, 0.3) is 0 Å².